The van der Waals surface area contributed by atoms with E-state index in [-0.39, 0.29) is 12.6 Å². The van der Waals surface area contributed by atoms with Crippen LogP contribution in [0.1, 0.15) is 25.7 Å². The first kappa shape index (κ1) is 14.3. The molecule has 0 bridgehead atoms. The number of hydrogen-bond donors (Lipinski definition) is 2. The molecule has 0 aliphatic carbocycles. The molecule has 2 heterocycles. The monoisotopic (exact) mass is 269 g/mol. The largest absolute Gasteiger partial charge is 0.394 e. The van der Waals surface area contributed by atoms with Crippen molar-refractivity contribution in [2.75, 3.05) is 39.3 Å². The molecule has 2 N–H and O–H groups in total. The van der Waals surface area contributed by atoms with Crippen LogP contribution in [-0.4, -0.2) is 72.1 Å². The van der Waals surface area contributed by atoms with Crippen molar-refractivity contribution >= 4 is 11.8 Å². The number of aliphatic hydroxyl groups excluding tert-OH is 1. The van der Waals surface area contributed by atoms with E-state index in [1.165, 1.54) is 0 Å². The predicted molar refractivity (Wildman–Crippen MR) is 70.5 cm³/mol. The van der Waals surface area contributed by atoms with E-state index in [0.29, 0.717) is 19.6 Å². The minimum absolute atomic E-state index is 0.0550. The molecule has 0 saturated carbocycles. The number of nitrogens with one attached hydrogen (secondary N) is 1. The van der Waals surface area contributed by atoms with Gasteiger partial charge < -0.3 is 20.2 Å². The molecule has 0 aromatic rings. The van der Waals surface area contributed by atoms with E-state index >= 15 is 0 Å². The molecule has 0 spiro atoms. The zero-order valence-electron chi connectivity index (χ0n) is 11.3. The van der Waals surface area contributed by atoms with Crippen molar-refractivity contribution in [3.63, 3.8) is 0 Å². The SMILES string of the molecule is O=C(C(=O)N1CCCCCC1CO)N1CCNCC1. The molecule has 6 nitrogen and oxygen atoms in total. The highest BCUT2D eigenvalue weighted by atomic mass is 16.3. The highest BCUT2D eigenvalue weighted by Gasteiger charge is 2.32. The first-order chi connectivity index (χ1) is 9.24. The van der Waals surface area contributed by atoms with E-state index in [4.69, 9.17) is 0 Å². The quantitative estimate of drug-likeness (QED) is 0.610. The van der Waals surface area contributed by atoms with Gasteiger partial charge in [-0.25, -0.2) is 0 Å². The Hall–Kier alpha value is -1.14. The molecule has 1 atom stereocenters. The summed E-state index contributed by atoms with van der Waals surface area (Å²) in [5, 5.41) is 12.6. The first-order valence-electron chi connectivity index (χ1n) is 7.15. The van der Waals surface area contributed by atoms with Crippen molar-refractivity contribution in [3.8, 4) is 0 Å². The highest BCUT2D eigenvalue weighted by molar-refractivity contribution is 6.35. The lowest BCUT2D eigenvalue weighted by Crippen LogP contribution is -2.54. The van der Waals surface area contributed by atoms with Gasteiger partial charge in [-0.1, -0.05) is 12.8 Å². The minimum atomic E-state index is -0.442. The topological polar surface area (TPSA) is 72.9 Å². The standard InChI is InChI=1S/C13H23N3O3/c17-10-11-4-2-1-3-7-16(11)13(19)12(18)15-8-5-14-6-9-15/h11,14,17H,1-10H2. The normalized spacial score (nSPS) is 25.0. The zero-order chi connectivity index (χ0) is 13.7. The van der Waals surface area contributed by atoms with Gasteiger partial charge in [0.15, 0.2) is 0 Å². The summed E-state index contributed by atoms with van der Waals surface area (Å²) < 4.78 is 0. The Kier molecular flexibility index (Phi) is 5.15. The van der Waals surface area contributed by atoms with Crippen molar-refractivity contribution in [3.05, 3.63) is 0 Å². The van der Waals surface area contributed by atoms with Gasteiger partial charge in [-0.2, -0.15) is 0 Å². The van der Waals surface area contributed by atoms with Crippen LogP contribution in [0.15, 0.2) is 0 Å². The van der Waals surface area contributed by atoms with Gasteiger partial charge in [0, 0.05) is 32.7 Å². The van der Waals surface area contributed by atoms with Gasteiger partial charge in [0.05, 0.1) is 12.6 Å². The Balaban J connectivity index is 2.01. The van der Waals surface area contributed by atoms with Crippen molar-refractivity contribution in [1.82, 2.24) is 15.1 Å². The molecule has 2 fully saturated rings. The van der Waals surface area contributed by atoms with Gasteiger partial charge in [0.2, 0.25) is 0 Å². The van der Waals surface area contributed by atoms with E-state index in [0.717, 1.165) is 38.8 Å². The number of rotatable bonds is 1. The second-order valence-corrected chi connectivity index (χ2v) is 5.23. The van der Waals surface area contributed by atoms with E-state index in [1.807, 2.05) is 0 Å². The average Bonchev–Trinajstić information content (AvgIpc) is 2.71. The van der Waals surface area contributed by atoms with Crippen LogP contribution in [0.25, 0.3) is 0 Å². The van der Waals surface area contributed by atoms with Crippen LogP contribution in [0.3, 0.4) is 0 Å². The summed E-state index contributed by atoms with van der Waals surface area (Å²) in [6.07, 6.45) is 3.77. The molecule has 0 aromatic carbocycles. The van der Waals surface area contributed by atoms with Crippen LogP contribution < -0.4 is 5.32 Å². The maximum Gasteiger partial charge on any atom is 0.312 e. The molecule has 6 heteroatoms. The Morgan fingerprint density at radius 3 is 2.47 bits per heavy atom. The van der Waals surface area contributed by atoms with Crippen molar-refractivity contribution in [1.29, 1.82) is 0 Å². The van der Waals surface area contributed by atoms with E-state index in [2.05, 4.69) is 5.32 Å². The number of carbonyl (C=O) groups excluding carboxylic acids is 2. The van der Waals surface area contributed by atoms with Gasteiger partial charge in [-0.15, -0.1) is 0 Å². The second-order valence-electron chi connectivity index (χ2n) is 5.23. The maximum atomic E-state index is 12.3. The summed E-state index contributed by atoms with van der Waals surface area (Å²) in [5.41, 5.74) is 0. The summed E-state index contributed by atoms with van der Waals surface area (Å²) in [6.45, 7) is 3.18. The third-order valence-corrected chi connectivity index (χ3v) is 3.94. The van der Waals surface area contributed by atoms with Crippen LogP contribution >= 0.6 is 0 Å². The van der Waals surface area contributed by atoms with E-state index < -0.39 is 11.8 Å². The van der Waals surface area contributed by atoms with Gasteiger partial charge in [-0.05, 0) is 12.8 Å². The third kappa shape index (κ3) is 3.45. The molecule has 19 heavy (non-hydrogen) atoms. The molecule has 2 rings (SSSR count). The lowest BCUT2D eigenvalue weighted by Gasteiger charge is -2.32. The van der Waals surface area contributed by atoms with Crippen molar-refractivity contribution < 1.29 is 14.7 Å². The number of amides is 2. The van der Waals surface area contributed by atoms with Gasteiger partial charge in [0.25, 0.3) is 0 Å². The van der Waals surface area contributed by atoms with Crippen LogP contribution in [0, 0.1) is 0 Å². The summed E-state index contributed by atoms with van der Waals surface area (Å²) in [4.78, 5) is 27.7. The van der Waals surface area contributed by atoms with E-state index in [1.54, 1.807) is 9.80 Å². The van der Waals surface area contributed by atoms with Crippen molar-refractivity contribution in [2.45, 2.75) is 31.7 Å². The zero-order valence-corrected chi connectivity index (χ0v) is 11.3. The number of hydrogen-bond acceptors (Lipinski definition) is 4. The third-order valence-electron chi connectivity index (χ3n) is 3.94. The fourth-order valence-corrected chi connectivity index (χ4v) is 2.76. The molecule has 0 radical (unpaired) electrons. The lowest BCUT2D eigenvalue weighted by molar-refractivity contribution is -0.154. The molecule has 0 aromatic heterocycles. The highest BCUT2D eigenvalue weighted by Crippen LogP contribution is 2.17. The summed E-state index contributed by atoms with van der Waals surface area (Å²) in [5.74, 6) is -0.857. The summed E-state index contributed by atoms with van der Waals surface area (Å²) in [7, 11) is 0. The number of likely N-dealkylation sites (tertiary alicyclic amines) is 1. The van der Waals surface area contributed by atoms with E-state index in [9.17, 15) is 14.7 Å². The molecule has 2 aliphatic rings. The van der Waals surface area contributed by atoms with Crippen LogP contribution in [0.2, 0.25) is 0 Å². The van der Waals surface area contributed by atoms with Crippen LogP contribution in [-0.2, 0) is 9.59 Å². The average molecular weight is 269 g/mol. The Morgan fingerprint density at radius 1 is 1.05 bits per heavy atom. The summed E-state index contributed by atoms with van der Waals surface area (Å²) in [6, 6.07) is -0.193. The predicted octanol–water partition coefficient (Wildman–Crippen LogP) is -0.818. The molecular weight excluding hydrogens is 246 g/mol. The number of aliphatic hydroxyl groups is 1. The van der Waals surface area contributed by atoms with Crippen molar-refractivity contribution in [2.24, 2.45) is 0 Å². The number of carbonyl (C=O) groups is 2. The van der Waals surface area contributed by atoms with Crippen LogP contribution in [0.4, 0.5) is 0 Å². The maximum absolute atomic E-state index is 12.3. The van der Waals surface area contributed by atoms with Gasteiger partial charge in [0.1, 0.15) is 0 Å². The molecule has 2 aliphatic heterocycles. The number of nitrogens with zero attached hydrogens (tertiary/aromatic N) is 2. The Bertz CT molecular complexity index is 329. The molecule has 2 saturated heterocycles. The fourth-order valence-electron chi connectivity index (χ4n) is 2.76. The lowest BCUT2D eigenvalue weighted by atomic mass is 10.1. The Morgan fingerprint density at radius 2 is 1.79 bits per heavy atom. The Labute approximate surface area is 113 Å². The van der Waals surface area contributed by atoms with Gasteiger partial charge in [-0.3, -0.25) is 9.59 Å². The molecule has 2 amide bonds. The summed E-state index contributed by atoms with van der Waals surface area (Å²) >= 11 is 0. The fraction of sp³-hybridized carbons (Fsp3) is 0.846. The molecule has 1 unspecified atom stereocenters. The molecular formula is C13H23N3O3. The second kappa shape index (κ2) is 6.86. The minimum Gasteiger partial charge on any atom is -0.394 e. The van der Waals surface area contributed by atoms with Gasteiger partial charge >= 0.3 is 11.8 Å². The first-order valence-corrected chi connectivity index (χ1v) is 7.15. The number of piperazine rings is 1. The van der Waals surface area contributed by atoms with Crippen LogP contribution in [0.5, 0.6) is 0 Å². The smallest absolute Gasteiger partial charge is 0.312 e. The molecule has 108 valence electrons.